The highest BCUT2D eigenvalue weighted by Gasteiger charge is 2.21. The SMILES string of the molecule is C[C@@H](Nc1ccnc2cnc(C3=CCN(C(=O)NCCO)CC3)cc12)c1cccc(C(F)F)c1F. The minimum absolute atomic E-state index is 0.116. The van der Waals surface area contributed by atoms with Gasteiger partial charge in [-0.25, -0.2) is 18.0 Å². The number of carbonyl (C=O) groups is 1. The average molecular weight is 486 g/mol. The number of nitrogens with one attached hydrogen (secondary N) is 2. The van der Waals surface area contributed by atoms with Gasteiger partial charge < -0.3 is 20.6 Å². The number of nitrogens with zero attached hydrogens (tertiary/aromatic N) is 3. The maximum absolute atomic E-state index is 14.7. The summed E-state index contributed by atoms with van der Waals surface area (Å²) in [6.45, 7) is 2.73. The highest BCUT2D eigenvalue weighted by atomic mass is 19.3. The Morgan fingerprint density at radius 3 is 2.74 bits per heavy atom. The van der Waals surface area contributed by atoms with E-state index < -0.39 is 23.8 Å². The van der Waals surface area contributed by atoms with Crippen molar-refractivity contribution < 1.29 is 23.1 Å². The summed E-state index contributed by atoms with van der Waals surface area (Å²) in [6.07, 6.45) is 2.91. The number of fused-ring (bicyclic) bond motifs is 1. The zero-order valence-corrected chi connectivity index (χ0v) is 19.1. The van der Waals surface area contributed by atoms with Gasteiger partial charge in [0.05, 0.1) is 35.6 Å². The number of aliphatic hydroxyl groups is 1. The molecule has 2 aromatic heterocycles. The Hall–Kier alpha value is -3.66. The van der Waals surface area contributed by atoms with Crippen LogP contribution in [-0.4, -0.2) is 52.2 Å². The third-order valence-corrected chi connectivity index (χ3v) is 5.97. The van der Waals surface area contributed by atoms with Gasteiger partial charge in [0.15, 0.2) is 0 Å². The maximum Gasteiger partial charge on any atom is 0.317 e. The average Bonchev–Trinajstić information content (AvgIpc) is 2.87. The second-order valence-electron chi connectivity index (χ2n) is 8.24. The Labute approximate surface area is 200 Å². The van der Waals surface area contributed by atoms with Crippen molar-refractivity contribution in [3.63, 3.8) is 0 Å². The lowest BCUT2D eigenvalue weighted by atomic mass is 10.0. The predicted octanol–water partition coefficient (Wildman–Crippen LogP) is 4.67. The number of amides is 2. The zero-order valence-electron chi connectivity index (χ0n) is 19.1. The number of carbonyl (C=O) groups excluding carboxylic acids is 1. The molecule has 0 unspecified atom stereocenters. The van der Waals surface area contributed by atoms with Gasteiger partial charge in [-0.1, -0.05) is 24.3 Å². The van der Waals surface area contributed by atoms with Gasteiger partial charge in [-0.05, 0) is 31.1 Å². The molecular weight excluding hydrogens is 459 g/mol. The second kappa shape index (κ2) is 10.7. The largest absolute Gasteiger partial charge is 0.395 e. The number of anilines is 1. The smallest absolute Gasteiger partial charge is 0.317 e. The Balaban J connectivity index is 1.57. The van der Waals surface area contributed by atoms with E-state index in [0.29, 0.717) is 30.7 Å². The van der Waals surface area contributed by atoms with Crippen LogP contribution >= 0.6 is 0 Å². The van der Waals surface area contributed by atoms with Crippen LogP contribution < -0.4 is 10.6 Å². The van der Waals surface area contributed by atoms with Crippen molar-refractivity contribution in [1.29, 1.82) is 0 Å². The normalized spacial score (nSPS) is 14.7. The number of aliphatic hydroxyl groups excluding tert-OH is 1. The first kappa shape index (κ1) is 24.5. The van der Waals surface area contributed by atoms with Crippen molar-refractivity contribution in [2.75, 3.05) is 31.6 Å². The maximum atomic E-state index is 14.7. The summed E-state index contributed by atoms with van der Waals surface area (Å²) >= 11 is 0. The van der Waals surface area contributed by atoms with Crippen molar-refractivity contribution in [2.45, 2.75) is 25.8 Å². The molecule has 3 N–H and O–H groups in total. The number of halogens is 3. The number of hydrogen-bond donors (Lipinski definition) is 3. The molecule has 4 rings (SSSR count). The first-order valence-electron chi connectivity index (χ1n) is 11.3. The topological polar surface area (TPSA) is 90.4 Å². The molecule has 1 atom stereocenters. The molecule has 0 bridgehead atoms. The molecule has 0 spiro atoms. The number of benzene rings is 1. The molecule has 184 valence electrons. The van der Waals surface area contributed by atoms with Crippen LogP contribution in [0, 0.1) is 5.82 Å². The van der Waals surface area contributed by atoms with E-state index >= 15 is 0 Å². The standard InChI is InChI=1S/C25H26F3N5O2/c1-15(17-3-2-4-18(23(17)26)24(27)28)32-20-5-8-29-22-14-31-21(13-19(20)22)16-6-10-33(11-7-16)25(35)30-9-12-34/h2-6,8,13-15,24,34H,7,9-12H2,1H3,(H,29,32)(H,30,35)/t15-/m1/s1. The van der Waals surface area contributed by atoms with Gasteiger partial charge in [0.1, 0.15) is 5.82 Å². The van der Waals surface area contributed by atoms with E-state index in [-0.39, 0.29) is 24.7 Å². The highest BCUT2D eigenvalue weighted by molar-refractivity contribution is 5.92. The van der Waals surface area contributed by atoms with Crippen LogP contribution in [0.4, 0.5) is 23.7 Å². The van der Waals surface area contributed by atoms with Crippen LogP contribution in [0.5, 0.6) is 0 Å². The first-order chi connectivity index (χ1) is 16.9. The van der Waals surface area contributed by atoms with Crippen molar-refractivity contribution in [1.82, 2.24) is 20.2 Å². The monoisotopic (exact) mass is 485 g/mol. The lowest BCUT2D eigenvalue weighted by molar-refractivity contribution is 0.146. The molecule has 0 saturated heterocycles. The molecule has 10 heteroatoms. The molecule has 0 saturated carbocycles. The third kappa shape index (κ3) is 5.37. The number of alkyl halides is 2. The molecule has 1 aliphatic heterocycles. The van der Waals surface area contributed by atoms with Crippen molar-refractivity contribution in [3.8, 4) is 0 Å². The Morgan fingerprint density at radius 1 is 1.23 bits per heavy atom. The number of aromatic nitrogens is 2. The van der Waals surface area contributed by atoms with Gasteiger partial charge in [0.25, 0.3) is 6.43 Å². The summed E-state index contributed by atoms with van der Waals surface area (Å²) in [5.74, 6) is -0.914. The number of hydrogen-bond acceptors (Lipinski definition) is 5. The molecule has 0 radical (unpaired) electrons. The minimum atomic E-state index is -2.89. The summed E-state index contributed by atoms with van der Waals surface area (Å²) in [7, 11) is 0. The third-order valence-electron chi connectivity index (χ3n) is 5.97. The van der Waals surface area contributed by atoms with Gasteiger partial charge in [-0.15, -0.1) is 0 Å². The molecule has 1 aliphatic rings. The van der Waals surface area contributed by atoms with Crippen LogP contribution in [0.2, 0.25) is 0 Å². The van der Waals surface area contributed by atoms with Crippen LogP contribution in [0.15, 0.2) is 48.8 Å². The predicted molar refractivity (Wildman–Crippen MR) is 128 cm³/mol. The summed E-state index contributed by atoms with van der Waals surface area (Å²) in [5.41, 5.74) is 2.56. The van der Waals surface area contributed by atoms with Crippen LogP contribution in [0.1, 0.15) is 42.6 Å². The first-order valence-corrected chi connectivity index (χ1v) is 11.3. The fourth-order valence-electron chi connectivity index (χ4n) is 4.09. The van der Waals surface area contributed by atoms with E-state index in [2.05, 4.69) is 20.6 Å². The fraction of sp³-hybridized carbons (Fsp3) is 0.320. The van der Waals surface area contributed by atoms with Gasteiger partial charge in [0.2, 0.25) is 0 Å². The molecule has 0 aliphatic carbocycles. The van der Waals surface area contributed by atoms with Crippen molar-refractivity contribution in [3.05, 3.63) is 71.4 Å². The molecule has 1 aromatic carbocycles. The Morgan fingerprint density at radius 2 is 2.03 bits per heavy atom. The molecule has 0 fully saturated rings. The number of urea groups is 1. The van der Waals surface area contributed by atoms with E-state index in [9.17, 15) is 18.0 Å². The summed E-state index contributed by atoms with van der Waals surface area (Å²) in [6, 6.07) is 6.84. The number of pyridine rings is 2. The lowest BCUT2D eigenvalue weighted by Gasteiger charge is -2.26. The van der Waals surface area contributed by atoms with Crippen molar-refractivity contribution >= 4 is 28.2 Å². The summed E-state index contributed by atoms with van der Waals surface area (Å²) in [5, 5.41) is 15.5. The molecule has 3 heterocycles. The second-order valence-corrected chi connectivity index (χ2v) is 8.24. The highest BCUT2D eigenvalue weighted by Crippen LogP contribution is 2.32. The Bertz CT molecular complexity index is 1250. The lowest BCUT2D eigenvalue weighted by Crippen LogP contribution is -2.43. The van der Waals surface area contributed by atoms with E-state index in [1.807, 2.05) is 12.1 Å². The fourth-order valence-corrected chi connectivity index (χ4v) is 4.09. The van der Waals surface area contributed by atoms with Crippen LogP contribution in [0.25, 0.3) is 16.5 Å². The van der Waals surface area contributed by atoms with Gasteiger partial charge in [-0.3, -0.25) is 9.97 Å². The molecule has 3 aromatic rings. The van der Waals surface area contributed by atoms with E-state index in [0.717, 1.165) is 22.7 Å². The van der Waals surface area contributed by atoms with Gasteiger partial charge in [0, 0.05) is 42.5 Å². The zero-order chi connectivity index (χ0) is 24.9. The number of rotatable bonds is 7. The quantitative estimate of drug-likeness (QED) is 0.453. The van der Waals surface area contributed by atoms with Gasteiger partial charge in [-0.2, -0.15) is 0 Å². The molecule has 2 amide bonds. The van der Waals surface area contributed by atoms with Crippen LogP contribution in [0.3, 0.4) is 0 Å². The van der Waals surface area contributed by atoms with Crippen molar-refractivity contribution in [2.24, 2.45) is 0 Å². The molecule has 7 nitrogen and oxygen atoms in total. The van der Waals surface area contributed by atoms with E-state index in [1.165, 1.54) is 12.1 Å². The Kier molecular flexibility index (Phi) is 7.50. The van der Waals surface area contributed by atoms with Crippen LogP contribution in [-0.2, 0) is 0 Å². The van der Waals surface area contributed by atoms with E-state index in [4.69, 9.17) is 5.11 Å². The minimum Gasteiger partial charge on any atom is -0.395 e. The molecule has 35 heavy (non-hydrogen) atoms. The van der Waals surface area contributed by atoms with Gasteiger partial charge >= 0.3 is 6.03 Å². The van der Waals surface area contributed by atoms with E-state index in [1.54, 1.807) is 30.3 Å². The summed E-state index contributed by atoms with van der Waals surface area (Å²) < 4.78 is 40.9. The molecular formula is C25H26F3N5O2. The summed E-state index contributed by atoms with van der Waals surface area (Å²) in [4.78, 5) is 22.6.